The number of ether oxygens (including phenoxy) is 2. The van der Waals surface area contributed by atoms with Crippen LogP contribution >= 0.6 is 10.0 Å². The Morgan fingerprint density at radius 1 is 1.15 bits per heavy atom. The Bertz CT molecular complexity index is 1470. The minimum atomic E-state index is -3.00. The second kappa shape index (κ2) is 15.1. The van der Waals surface area contributed by atoms with Crippen LogP contribution < -0.4 is 15.5 Å². The molecule has 1 aromatic carbocycles. The fourth-order valence-corrected chi connectivity index (χ4v) is 6.16. The number of rotatable bonds is 9. The molecule has 3 aliphatic rings. The van der Waals surface area contributed by atoms with E-state index in [-0.39, 0.29) is 48.1 Å². The van der Waals surface area contributed by atoms with Gasteiger partial charge < -0.3 is 34.8 Å². The topological polar surface area (TPSA) is 86.4 Å². The molecule has 1 fully saturated rings. The van der Waals surface area contributed by atoms with Gasteiger partial charge in [0.15, 0.2) is 5.82 Å². The molecule has 14 heteroatoms. The van der Waals surface area contributed by atoms with E-state index in [9.17, 15) is 18.4 Å². The number of halogens is 4. The highest BCUT2D eigenvalue weighted by molar-refractivity contribution is 8.32. The number of nitrogens with one attached hydrogen (secondary N) is 2. The Morgan fingerprint density at radius 2 is 1.85 bits per heavy atom. The molecule has 0 aliphatic carbocycles. The van der Waals surface area contributed by atoms with Crippen LogP contribution in [0.2, 0.25) is 0 Å². The van der Waals surface area contributed by atoms with Crippen LogP contribution in [0.5, 0.6) is 0 Å². The summed E-state index contributed by atoms with van der Waals surface area (Å²) in [7, 11) is 1.09. The van der Waals surface area contributed by atoms with Crippen molar-refractivity contribution in [3.8, 4) is 0 Å². The number of anilines is 2. The highest BCUT2D eigenvalue weighted by Crippen LogP contribution is 2.39. The second-order valence-corrected chi connectivity index (χ2v) is 18.9. The first-order valence-electron chi connectivity index (χ1n) is 16.0. The Hall–Kier alpha value is -3.23. The smallest absolute Gasteiger partial charge is 0.410 e. The number of nitrogens with zero attached hydrogens (tertiary/aromatic N) is 3. The third kappa shape index (κ3) is 9.47. The highest BCUT2D eigenvalue weighted by Gasteiger charge is 2.33. The van der Waals surface area contributed by atoms with Crippen LogP contribution in [0.25, 0.3) is 5.57 Å². The number of amides is 2. The summed E-state index contributed by atoms with van der Waals surface area (Å²) in [4.78, 5) is 31.6. The maximum atomic E-state index is 16.6. The summed E-state index contributed by atoms with van der Waals surface area (Å²) in [5.41, 5.74) is -1.82. The van der Waals surface area contributed by atoms with E-state index in [4.69, 9.17) is 9.47 Å². The first-order chi connectivity index (χ1) is 22.3. The molecular weight excluding hydrogens is 650 g/mol. The number of hydrogen-bond donors (Lipinski definition) is 2. The third-order valence-corrected chi connectivity index (χ3v) is 9.82. The summed E-state index contributed by atoms with van der Waals surface area (Å²) in [6, 6.07) is 1.23. The predicted molar refractivity (Wildman–Crippen MR) is 185 cm³/mol. The van der Waals surface area contributed by atoms with Crippen LogP contribution in [0.1, 0.15) is 39.7 Å². The Balaban J connectivity index is 1.65. The lowest BCUT2D eigenvalue weighted by Crippen LogP contribution is -2.50. The van der Waals surface area contributed by atoms with E-state index in [0.717, 1.165) is 18.0 Å². The predicted octanol–water partition coefficient (Wildman–Crippen LogP) is 5.78. The Kier molecular flexibility index (Phi) is 11.8. The summed E-state index contributed by atoms with van der Waals surface area (Å²) in [5, 5.41) is 5.37. The molecule has 9 nitrogen and oxygen atoms in total. The molecule has 0 aromatic heterocycles. The fourth-order valence-electron chi connectivity index (χ4n) is 5.56. The largest absolute Gasteiger partial charge is 0.444 e. The molecule has 0 radical (unpaired) electrons. The van der Waals surface area contributed by atoms with Crippen molar-refractivity contribution in [2.24, 2.45) is 0 Å². The lowest BCUT2D eigenvalue weighted by molar-refractivity contribution is -0.112. The molecule has 1 aromatic rings. The van der Waals surface area contributed by atoms with Gasteiger partial charge in [-0.15, -0.1) is 0 Å². The van der Waals surface area contributed by atoms with Gasteiger partial charge in [0.1, 0.15) is 23.3 Å². The van der Waals surface area contributed by atoms with Gasteiger partial charge in [-0.05, 0) is 71.6 Å². The average Bonchev–Trinajstić information content (AvgIpc) is 2.98. The number of carbonyl (C=O) groups excluding carboxylic acids is 2. The standard InChI is InChI=1S/C34H49F4N5O4S/c1-21-20-43(14-13-41(21)5)26-18-25(35)28(22-9-11-42(12-10-22)33(45)47-34(2,3)4)29(36)30(26)40-32(44)24-19-39-27(17-23(24)31(37)38)46-15-16-48(6,7)8/h9,17-19,21,27,31,39H,10-16,20H2,1-8H3,(H,40,44)/t21-,27?/m0/s1. The quantitative estimate of drug-likeness (QED) is 0.316. The number of piperazine rings is 1. The molecule has 2 amide bonds. The monoisotopic (exact) mass is 699 g/mol. The molecule has 0 saturated carbocycles. The van der Waals surface area contributed by atoms with Crippen LogP contribution in [0, 0.1) is 11.6 Å². The SMILES string of the molecule is C[C@H]1CN(c2cc(F)c(C3=CCN(C(=O)OC(C)(C)C)CC3)c(F)c2NC(=O)C2=CNC(OCCS(C)(C)C)C=C2C(F)F)CCN1C. The number of alkyl halides is 2. The molecule has 1 unspecified atom stereocenters. The average molecular weight is 700 g/mol. The second-order valence-electron chi connectivity index (χ2n) is 14.3. The van der Waals surface area contributed by atoms with E-state index in [1.54, 1.807) is 31.7 Å². The number of hydrogen-bond acceptors (Lipinski definition) is 7. The first kappa shape index (κ1) is 37.6. The molecule has 1 saturated heterocycles. The zero-order valence-corrected chi connectivity index (χ0v) is 29.9. The van der Waals surface area contributed by atoms with Crippen LogP contribution in [-0.2, 0) is 14.3 Å². The molecule has 2 N–H and O–H groups in total. The van der Waals surface area contributed by atoms with Crippen molar-refractivity contribution in [3.05, 3.63) is 52.8 Å². The van der Waals surface area contributed by atoms with E-state index < -0.39 is 57.5 Å². The molecular formula is C34H49F4N5O4S. The van der Waals surface area contributed by atoms with E-state index in [2.05, 4.69) is 34.3 Å². The fraction of sp³-hybridized carbons (Fsp3) is 0.588. The molecule has 3 aliphatic heterocycles. The lowest BCUT2D eigenvalue weighted by Gasteiger charge is -2.40. The van der Waals surface area contributed by atoms with Crippen molar-refractivity contribution in [3.63, 3.8) is 0 Å². The van der Waals surface area contributed by atoms with Gasteiger partial charge in [0.2, 0.25) is 0 Å². The third-order valence-electron chi connectivity index (χ3n) is 8.42. The number of likely N-dealkylation sites (N-methyl/N-ethyl adjacent to an activating group) is 1. The molecule has 48 heavy (non-hydrogen) atoms. The van der Waals surface area contributed by atoms with Gasteiger partial charge in [0, 0.05) is 62.4 Å². The van der Waals surface area contributed by atoms with Gasteiger partial charge in [0.05, 0.1) is 23.4 Å². The molecule has 268 valence electrons. The molecule has 0 bridgehead atoms. The lowest BCUT2D eigenvalue weighted by atomic mass is 9.96. The van der Waals surface area contributed by atoms with Crippen molar-refractivity contribution in [1.29, 1.82) is 0 Å². The van der Waals surface area contributed by atoms with Crippen molar-refractivity contribution in [2.45, 2.75) is 58.4 Å². The van der Waals surface area contributed by atoms with Crippen molar-refractivity contribution >= 4 is 39.0 Å². The first-order valence-corrected chi connectivity index (χ1v) is 19.1. The minimum Gasteiger partial charge on any atom is -0.444 e. The number of carbonyl (C=O) groups is 2. The maximum absolute atomic E-state index is 16.6. The molecule has 0 spiro atoms. The van der Waals surface area contributed by atoms with E-state index in [0.29, 0.717) is 31.8 Å². The summed E-state index contributed by atoms with van der Waals surface area (Å²) in [6.45, 7) is 9.28. The normalized spacial score (nSPS) is 21.3. The summed E-state index contributed by atoms with van der Waals surface area (Å²) >= 11 is 0. The van der Waals surface area contributed by atoms with E-state index in [1.807, 2.05) is 14.0 Å². The minimum absolute atomic E-state index is 0.0448. The van der Waals surface area contributed by atoms with Crippen molar-refractivity contribution in [1.82, 2.24) is 15.1 Å². The Morgan fingerprint density at radius 3 is 2.44 bits per heavy atom. The van der Waals surface area contributed by atoms with Gasteiger partial charge in [-0.2, -0.15) is 0 Å². The van der Waals surface area contributed by atoms with Crippen LogP contribution in [0.15, 0.2) is 35.6 Å². The maximum Gasteiger partial charge on any atom is 0.410 e. The van der Waals surface area contributed by atoms with E-state index in [1.165, 1.54) is 11.0 Å². The van der Waals surface area contributed by atoms with Gasteiger partial charge in [0.25, 0.3) is 12.3 Å². The summed E-state index contributed by atoms with van der Waals surface area (Å²) in [6.07, 6.45) is 5.97. The van der Waals surface area contributed by atoms with Crippen LogP contribution in [0.4, 0.5) is 33.7 Å². The van der Waals surface area contributed by atoms with Gasteiger partial charge in [-0.3, -0.25) is 4.79 Å². The summed E-state index contributed by atoms with van der Waals surface area (Å²) < 4.78 is 72.2. The molecule has 4 rings (SSSR count). The zero-order chi connectivity index (χ0) is 35.6. The van der Waals surface area contributed by atoms with Crippen molar-refractivity contribution in [2.75, 3.05) is 81.1 Å². The van der Waals surface area contributed by atoms with Crippen molar-refractivity contribution < 1.29 is 36.6 Å². The molecule has 3 heterocycles. The molecule has 2 atom stereocenters. The summed E-state index contributed by atoms with van der Waals surface area (Å²) in [5.74, 6) is -2.04. The Labute approximate surface area is 282 Å². The van der Waals surface area contributed by atoms with Crippen LogP contribution in [-0.4, -0.2) is 117 Å². The zero-order valence-electron chi connectivity index (χ0n) is 29.1. The number of dihydropyridines is 1. The van der Waals surface area contributed by atoms with E-state index >= 15 is 8.78 Å². The van der Waals surface area contributed by atoms with Crippen LogP contribution in [0.3, 0.4) is 0 Å². The number of benzene rings is 1. The van der Waals surface area contributed by atoms with Gasteiger partial charge in [-0.25, -0.2) is 32.4 Å². The van der Waals surface area contributed by atoms with Gasteiger partial charge >= 0.3 is 6.09 Å². The van der Waals surface area contributed by atoms with Gasteiger partial charge in [-0.1, -0.05) is 6.08 Å². The highest BCUT2D eigenvalue weighted by atomic mass is 32.3.